The van der Waals surface area contributed by atoms with Crippen LogP contribution in [0.3, 0.4) is 0 Å². The molecule has 0 aliphatic carbocycles. The molecule has 6 aromatic rings. The minimum atomic E-state index is -0.911. The van der Waals surface area contributed by atoms with Crippen molar-refractivity contribution in [1.29, 1.82) is 0 Å². The van der Waals surface area contributed by atoms with E-state index < -0.39 is 10.8 Å². The molecule has 0 fully saturated rings. The van der Waals surface area contributed by atoms with E-state index in [2.05, 4.69) is 10.2 Å². The van der Waals surface area contributed by atoms with Crippen molar-refractivity contribution in [3.05, 3.63) is 156 Å². The van der Waals surface area contributed by atoms with Gasteiger partial charge in [-0.05, 0) is 68.8 Å². The SMILES string of the molecule is Cc1ccc(-c2ccc(C(c3c(C)[nH]n(-c4ccccc4)c3=O)c3c(C)[nH]n(-c4ccccc4)c3=O)o2)c([N+](=O)[O-])c1. The highest BCUT2D eigenvalue weighted by molar-refractivity contribution is 5.70. The summed E-state index contributed by atoms with van der Waals surface area (Å²) >= 11 is 0. The van der Waals surface area contributed by atoms with Crippen LogP contribution in [-0.4, -0.2) is 24.5 Å². The van der Waals surface area contributed by atoms with Crippen LogP contribution in [0.25, 0.3) is 22.7 Å². The lowest BCUT2D eigenvalue weighted by Crippen LogP contribution is -2.25. The summed E-state index contributed by atoms with van der Waals surface area (Å²) in [6, 6.07) is 26.5. The van der Waals surface area contributed by atoms with E-state index in [-0.39, 0.29) is 22.6 Å². The summed E-state index contributed by atoms with van der Waals surface area (Å²) in [5.41, 5.74) is 3.31. The van der Waals surface area contributed by atoms with Crippen molar-refractivity contribution in [2.75, 3.05) is 0 Å². The lowest BCUT2D eigenvalue weighted by Gasteiger charge is -2.13. The summed E-state index contributed by atoms with van der Waals surface area (Å²) in [6.45, 7) is 5.32. The van der Waals surface area contributed by atoms with Crippen LogP contribution >= 0.6 is 0 Å². The standard InChI is InChI=1S/C32H27N5O5/c1-19-14-15-24(25(18-19)37(40)41)26-16-17-27(42-26)30(28-20(2)33-35(31(28)38)22-10-6-4-7-11-22)29-21(3)34-36(32(29)39)23-12-8-5-9-13-23/h4-18,30,33-34H,1-3H3. The van der Waals surface area contributed by atoms with Crippen LogP contribution in [0.2, 0.25) is 0 Å². The molecule has 0 saturated heterocycles. The Morgan fingerprint density at radius 1 is 0.738 bits per heavy atom. The summed E-state index contributed by atoms with van der Waals surface area (Å²) < 4.78 is 9.16. The highest BCUT2D eigenvalue weighted by atomic mass is 16.6. The summed E-state index contributed by atoms with van der Waals surface area (Å²) in [5.74, 6) is -0.348. The molecule has 0 radical (unpaired) electrons. The number of hydrogen-bond donors (Lipinski definition) is 2. The average molecular weight is 562 g/mol. The number of nitrogens with one attached hydrogen (secondary N) is 2. The van der Waals surface area contributed by atoms with E-state index in [1.165, 1.54) is 15.4 Å². The largest absolute Gasteiger partial charge is 0.460 e. The zero-order chi connectivity index (χ0) is 29.5. The molecule has 0 atom stereocenters. The van der Waals surface area contributed by atoms with Crippen LogP contribution < -0.4 is 11.1 Å². The Balaban J connectivity index is 1.59. The fourth-order valence-corrected chi connectivity index (χ4v) is 5.40. The van der Waals surface area contributed by atoms with Crippen LogP contribution in [-0.2, 0) is 0 Å². The maximum atomic E-state index is 14.0. The topological polar surface area (TPSA) is 132 Å². The Morgan fingerprint density at radius 2 is 1.26 bits per heavy atom. The number of rotatable bonds is 7. The first-order valence-corrected chi connectivity index (χ1v) is 13.3. The second-order valence-corrected chi connectivity index (χ2v) is 10.2. The van der Waals surface area contributed by atoms with E-state index in [0.29, 0.717) is 45.2 Å². The fourth-order valence-electron chi connectivity index (χ4n) is 5.40. The number of aryl methyl sites for hydroxylation is 3. The number of H-pyrrole nitrogens is 2. The molecule has 10 nitrogen and oxygen atoms in total. The van der Waals surface area contributed by atoms with Gasteiger partial charge in [-0.15, -0.1) is 0 Å². The first-order chi connectivity index (χ1) is 20.2. The second kappa shape index (κ2) is 10.4. The molecule has 3 aromatic heterocycles. The number of nitrogens with zero attached hydrogens (tertiary/aromatic N) is 3. The number of furan rings is 1. The number of aromatic nitrogens is 4. The summed E-state index contributed by atoms with van der Waals surface area (Å²) in [5, 5.41) is 18.2. The lowest BCUT2D eigenvalue weighted by molar-refractivity contribution is -0.384. The van der Waals surface area contributed by atoms with Crippen molar-refractivity contribution in [3.8, 4) is 22.7 Å². The van der Waals surface area contributed by atoms with E-state index in [0.717, 1.165) is 5.56 Å². The number of hydrogen-bond acceptors (Lipinski definition) is 5. The van der Waals surface area contributed by atoms with E-state index in [9.17, 15) is 19.7 Å². The molecule has 6 rings (SSSR count). The van der Waals surface area contributed by atoms with Crippen molar-refractivity contribution in [3.63, 3.8) is 0 Å². The molecule has 0 bridgehead atoms. The molecular formula is C32H27N5O5. The smallest absolute Gasteiger partial charge is 0.280 e. The molecule has 10 heteroatoms. The van der Waals surface area contributed by atoms with E-state index in [1.807, 2.05) is 60.7 Å². The van der Waals surface area contributed by atoms with Gasteiger partial charge in [0.15, 0.2) is 0 Å². The zero-order valence-corrected chi connectivity index (χ0v) is 23.1. The Bertz CT molecular complexity index is 1950. The number of aromatic amines is 2. The number of nitro groups is 1. The molecule has 0 amide bonds. The maximum Gasteiger partial charge on any atom is 0.280 e. The maximum absolute atomic E-state index is 14.0. The lowest BCUT2D eigenvalue weighted by atomic mass is 9.89. The third kappa shape index (κ3) is 4.48. The van der Waals surface area contributed by atoms with Gasteiger partial charge in [0.2, 0.25) is 0 Å². The van der Waals surface area contributed by atoms with E-state index >= 15 is 0 Å². The molecule has 0 aliphatic heterocycles. The third-order valence-electron chi connectivity index (χ3n) is 7.37. The quantitative estimate of drug-likeness (QED) is 0.185. The minimum absolute atomic E-state index is 0.0963. The normalized spacial score (nSPS) is 11.3. The van der Waals surface area contributed by atoms with Gasteiger partial charge in [-0.25, -0.2) is 9.36 Å². The van der Waals surface area contributed by atoms with Gasteiger partial charge in [0, 0.05) is 17.5 Å². The molecule has 0 saturated carbocycles. The van der Waals surface area contributed by atoms with Crippen molar-refractivity contribution < 1.29 is 9.34 Å². The molecule has 3 aromatic carbocycles. The predicted octanol–water partition coefficient (Wildman–Crippen LogP) is 5.92. The highest BCUT2D eigenvalue weighted by Crippen LogP contribution is 2.38. The third-order valence-corrected chi connectivity index (χ3v) is 7.37. The van der Waals surface area contributed by atoms with Gasteiger partial charge in [-0.2, -0.15) is 0 Å². The van der Waals surface area contributed by atoms with Gasteiger partial charge in [0.25, 0.3) is 16.8 Å². The molecule has 3 heterocycles. The van der Waals surface area contributed by atoms with Crippen molar-refractivity contribution in [2.24, 2.45) is 0 Å². The van der Waals surface area contributed by atoms with Crippen LogP contribution in [0, 0.1) is 30.9 Å². The van der Waals surface area contributed by atoms with Crippen molar-refractivity contribution in [2.45, 2.75) is 26.7 Å². The Labute approximate surface area is 239 Å². The minimum Gasteiger partial charge on any atom is -0.460 e. The first-order valence-electron chi connectivity index (χ1n) is 13.3. The monoisotopic (exact) mass is 561 g/mol. The van der Waals surface area contributed by atoms with Gasteiger partial charge in [0.05, 0.1) is 38.9 Å². The first kappa shape index (κ1) is 26.6. The molecule has 0 aliphatic rings. The zero-order valence-electron chi connectivity index (χ0n) is 23.1. The van der Waals surface area contributed by atoms with Crippen LogP contribution in [0.5, 0.6) is 0 Å². The average Bonchev–Trinajstić information content (AvgIpc) is 3.67. The summed E-state index contributed by atoms with van der Waals surface area (Å²) in [7, 11) is 0. The number of para-hydroxylation sites is 2. The van der Waals surface area contributed by atoms with Crippen molar-refractivity contribution in [1.82, 2.24) is 19.6 Å². The Hall–Kier alpha value is -5.64. The molecule has 210 valence electrons. The van der Waals surface area contributed by atoms with Gasteiger partial charge in [-0.3, -0.25) is 29.9 Å². The Kier molecular flexibility index (Phi) is 6.58. The number of benzene rings is 3. The summed E-state index contributed by atoms with van der Waals surface area (Å²) in [4.78, 5) is 39.4. The van der Waals surface area contributed by atoms with Gasteiger partial charge in [0.1, 0.15) is 11.5 Å². The number of nitro benzene ring substituents is 1. The Morgan fingerprint density at radius 3 is 1.76 bits per heavy atom. The summed E-state index contributed by atoms with van der Waals surface area (Å²) in [6.07, 6.45) is 0. The molecular weight excluding hydrogens is 534 g/mol. The van der Waals surface area contributed by atoms with E-state index in [4.69, 9.17) is 4.42 Å². The van der Waals surface area contributed by atoms with Gasteiger partial charge >= 0.3 is 0 Å². The van der Waals surface area contributed by atoms with Crippen LogP contribution in [0.1, 0.15) is 39.8 Å². The van der Waals surface area contributed by atoms with Gasteiger partial charge in [-0.1, -0.05) is 42.5 Å². The van der Waals surface area contributed by atoms with Gasteiger partial charge < -0.3 is 4.42 Å². The molecule has 42 heavy (non-hydrogen) atoms. The van der Waals surface area contributed by atoms with Crippen LogP contribution in [0.15, 0.2) is 105 Å². The second-order valence-electron chi connectivity index (χ2n) is 10.2. The van der Waals surface area contributed by atoms with Crippen molar-refractivity contribution >= 4 is 5.69 Å². The fraction of sp³-hybridized carbons (Fsp3) is 0.125. The predicted molar refractivity (Wildman–Crippen MR) is 159 cm³/mol. The molecule has 0 unspecified atom stereocenters. The van der Waals surface area contributed by atoms with Crippen LogP contribution in [0.4, 0.5) is 5.69 Å². The molecule has 0 spiro atoms. The highest BCUT2D eigenvalue weighted by Gasteiger charge is 2.33. The molecule has 2 N–H and O–H groups in total. The van der Waals surface area contributed by atoms with E-state index in [1.54, 1.807) is 45.0 Å².